The molecule has 21 heteroatoms. The van der Waals surface area contributed by atoms with Gasteiger partial charge in [-0.1, -0.05) is 17.7 Å². The highest BCUT2D eigenvalue weighted by Crippen LogP contribution is 2.52. The van der Waals surface area contributed by atoms with Gasteiger partial charge in [0.05, 0.1) is 52.3 Å². The summed E-state index contributed by atoms with van der Waals surface area (Å²) in [7, 11) is 3.23. The van der Waals surface area contributed by atoms with E-state index in [0.717, 1.165) is 49.1 Å². The Balaban J connectivity index is 0.873. The fourth-order valence-electron chi connectivity index (χ4n) is 8.68. The van der Waals surface area contributed by atoms with Crippen molar-refractivity contribution in [2.45, 2.75) is 57.0 Å². The molecule has 3 fully saturated rings. The van der Waals surface area contributed by atoms with Gasteiger partial charge in [0, 0.05) is 58.5 Å². The van der Waals surface area contributed by atoms with Crippen molar-refractivity contribution in [2.24, 2.45) is 5.41 Å². The van der Waals surface area contributed by atoms with Gasteiger partial charge in [0.1, 0.15) is 35.6 Å². The van der Waals surface area contributed by atoms with E-state index in [2.05, 4.69) is 41.2 Å². The van der Waals surface area contributed by atoms with Crippen LogP contribution in [-0.4, -0.2) is 101 Å². The number of fused-ring (bicyclic) bond motifs is 2. The predicted molar refractivity (Wildman–Crippen MR) is 217 cm³/mol. The molecule has 1 saturated carbocycles. The van der Waals surface area contributed by atoms with Crippen LogP contribution in [0.2, 0.25) is 5.15 Å². The molecule has 0 radical (unpaired) electrons. The number of carbonyl (C=O) groups excluding carboxylic acids is 4. The number of urea groups is 1. The highest BCUT2D eigenvalue weighted by Gasteiger charge is 2.52. The van der Waals surface area contributed by atoms with Crippen molar-refractivity contribution >= 4 is 69.5 Å². The van der Waals surface area contributed by atoms with Gasteiger partial charge >= 0.3 is 12.2 Å². The third-order valence-corrected chi connectivity index (χ3v) is 11.7. The number of pyridine rings is 1. The zero-order chi connectivity index (χ0) is 43.2. The van der Waals surface area contributed by atoms with E-state index in [1.165, 1.54) is 23.9 Å². The highest BCUT2D eigenvalue weighted by molar-refractivity contribution is 6.29. The van der Waals surface area contributed by atoms with Crippen LogP contribution in [0.25, 0.3) is 5.65 Å². The first-order valence-electron chi connectivity index (χ1n) is 19.3. The molecule has 1 unspecified atom stereocenters. The number of ether oxygens (including phenoxy) is 2. The van der Waals surface area contributed by atoms with Crippen LogP contribution in [0.15, 0.2) is 59.9 Å². The van der Waals surface area contributed by atoms with Crippen molar-refractivity contribution in [1.82, 2.24) is 29.8 Å². The number of hydrogen-bond donors (Lipinski definition) is 4. The first-order valence-corrected chi connectivity index (χ1v) is 19.6. The molecule has 3 aliphatic heterocycles. The quantitative estimate of drug-likeness (QED) is 0.144. The molecular formula is C40H39ClF3N11O6. The van der Waals surface area contributed by atoms with Gasteiger partial charge in [-0.15, -0.1) is 0 Å². The lowest BCUT2D eigenvalue weighted by molar-refractivity contribution is -0.137. The summed E-state index contributed by atoms with van der Waals surface area (Å²) in [5.74, 6) is 5.78. The van der Waals surface area contributed by atoms with E-state index in [1.54, 1.807) is 29.7 Å². The maximum Gasteiger partial charge on any atom is 0.417 e. The number of allylic oxidation sites excluding steroid dienone is 1. The SMILES string of the molecule is CO[C@@H](C)c1c(NC(=O)Nc2cc(C(F)(F)F)cnc2OCCN2CC3(CC(Nc4cccc5c4N(C)C(=C=O)N5C4CCC(=C=O)NC4=C=O)C3)C2)cnc2cc(Cl)nn12. The maximum atomic E-state index is 13.7. The summed E-state index contributed by atoms with van der Waals surface area (Å²) in [6.45, 7) is 3.86. The van der Waals surface area contributed by atoms with Gasteiger partial charge in [-0.25, -0.2) is 33.7 Å². The number of amides is 2. The Morgan fingerprint density at radius 2 is 1.84 bits per heavy atom. The monoisotopic (exact) mass is 861 g/mol. The van der Waals surface area contributed by atoms with Crippen LogP contribution in [0.4, 0.5) is 46.4 Å². The Hall–Kier alpha value is -6.39. The van der Waals surface area contributed by atoms with Crippen molar-refractivity contribution in [2.75, 3.05) is 66.1 Å². The van der Waals surface area contributed by atoms with Crippen molar-refractivity contribution in [3.05, 3.63) is 76.4 Å². The van der Waals surface area contributed by atoms with Crippen molar-refractivity contribution in [3.8, 4) is 5.88 Å². The summed E-state index contributed by atoms with van der Waals surface area (Å²) in [6, 6.07) is 6.69. The number of methoxy groups -OCH3 is 1. The molecule has 3 aromatic heterocycles. The molecule has 0 bridgehead atoms. The molecule has 2 amide bonds. The minimum absolute atomic E-state index is 0.0819. The molecule has 1 spiro atoms. The van der Waals surface area contributed by atoms with Crippen LogP contribution in [0.3, 0.4) is 0 Å². The van der Waals surface area contributed by atoms with E-state index in [9.17, 15) is 32.3 Å². The fourth-order valence-corrected chi connectivity index (χ4v) is 8.85. The summed E-state index contributed by atoms with van der Waals surface area (Å²) in [5, 5.41) is 15.9. The molecule has 17 nitrogen and oxygen atoms in total. The lowest BCUT2D eigenvalue weighted by atomic mass is 9.60. The third-order valence-electron chi connectivity index (χ3n) is 11.5. The van der Waals surface area contributed by atoms with Gasteiger partial charge < -0.3 is 40.5 Å². The van der Waals surface area contributed by atoms with Crippen molar-refractivity contribution in [1.29, 1.82) is 0 Å². The lowest BCUT2D eigenvalue weighted by Crippen LogP contribution is -2.65. The van der Waals surface area contributed by atoms with Gasteiger partial charge in [0.25, 0.3) is 0 Å². The molecule has 318 valence electrons. The maximum absolute atomic E-state index is 13.7. The van der Waals surface area contributed by atoms with Gasteiger partial charge in [0.15, 0.2) is 16.7 Å². The first-order chi connectivity index (χ1) is 29.2. The number of likely N-dealkylation sites (tertiary alicyclic amines) is 1. The summed E-state index contributed by atoms with van der Waals surface area (Å²) in [6.07, 6.45) is -0.772. The topological polar surface area (TPSA) is 188 Å². The Morgan fingerprint density at radius 3 is 2.54 bits per heavy atom. The lowest BCUT2D eigenvalue weighted by Gasteiger charge is -2.59. The van der Waals surface area contributed by atoms with Crippen LogP contribution < -0.4 is 35.8 Å². The highest BCUT2D eigenvalue weighted by atomic mass is 35.5. The molecule has 4 aliphatic rings. The van der Waals surface area contributed by atoms with Gasteiger partial charge in [-0.3, -0.25) is 4.90 Å². The number of alkyl halides is 3. The van der Waals surface area contributed by atoms with Gasteiger partial charge in [-0.05, 0) is 49.8 Å². The molecule has 1 aliphatic carbocycles. The van der Waals surface area contributed by atoms with Crippen molar-refractivity contribution < 1.29 is 41.8 Å². The van der Waals surface area contributed by atoms with E-state index in [0.29, 0.717) is 36.9 Å². The molecule has 1 aromatic carbocycles. The molecule has 6 heterocycles. The van der Waals surface area contributed by atoms with E-state index in [1.807, 2.05) is 30.1 Å². The number of aromatic nitrogens is 4. The minimum Gasteiger partial charge on any atom is -0.475 e. The van der Waals surface area contributed by atoms with E-state index in [4.69, 9.17) is 21.1 Å². The van der Waals surface area contributed by atoms with Crippen LogP contribution in [-0.2, 0) is 25.3 Å². The summed E-state index contributed by atoms with van der Waals surface area (Å²) in [5.41, 5.74) is 2.42. The minimum atomic E-state index is -4.73. The Kier molecular flexibility index (Phi) is 11.0. The van der Waals surface area contributed by atoms with Gasteiger partial charge in [0.2, 0.25) is 11.7 Å². The average Bonchev–Trinajstić information content (AvgIpc) is 3.73. The molecule has 4 N–H and O–H groups in total. The second-order valence-electron chi connectivity index (χ2n) is 15.4. The number of hydrogen-bond acceptors (Lipinski definition) is 14. The average molecular weight is 862 g/mol. The summed E-state index contributed by atoms with van der Waals surface area (Å²) < 4.78 is 53.9. The van der Waals surface area contributed by atoms with Crippen LogP contribution in [0.1, 0.15) is 50.0 Å². The first kappa shape index (κ1) is 41.3. The normalized spacial score (nSPS) is 19.0. The fraction of sp³-hybridized carbons (Fsp3) is 0.400. The van der Waals surface area contributed by atoms with Gasteiger partial charge in [-0.2, -0.15) is 18.3 Å². The number of carbonyl (C=O) groups is 1. The molecule has 2 atom stereocenters. The number of halogens is 4. The van der Waals surface area contributed by atoms with E-state index >= 15 is 0 Å². The number of nitrogens with one attached hydrogen (secondary N) is 4. The molecule has 4 aromatic rings. The predicted octanol–water partition coefficient (Wildman–Crippen LogP) is 5.22. The number of rotatable bonds is 11. The standard InChI is InChI=1S/C40H39ClF3N11O6/c1-22(60-3)35-28(16-45-33-12-32(41)51-55(33)35)50-38(59)49-27-11-23(40(42,43)44)15-46-37(27)61-10-9-53-20-39(21-53)13-25(14-39)48-26-5-4-6-31-36(26)52(2)34(19-58)54(31)30-8-7-24(17-56)47-29(30)18-57/h4-6,11-12,15-16,22,25,30,47-48H,7-10,13-14,20-21H2,1-3H3,(H2,49,50,59)/t22-,30?/m0/s1. The second kappa shape index (κ2) is 16.2. The number of piperidine rings is 1. The van der Waals surface area contributed by atoms with Crippen molar-refractivity contribution in [3.63, 3.8) is 0 Å². The van der Waals surface area contributed by atoms with Crippen LogP contribution in [0.5, 0.6) is 5.88 Å². The summed E-state index contributed by atoms with van der Waals surface area (Å²) >= 11 is 6.07. The Morgan fingerprint density at radius 1 is 1.07 bits per heavy atom. The van der Waals surface area contributed by atoms with Crippen LogP contribution >= 0.6 is 11.6 Å². The largest absolute Gasteiger partial charge is 0.475 e. The Labute approximate surface area is 351 Å². The Bertz CT molecular complexity index is 2550. The molecule has 2 saturated heterocycles. The number of benzene rings is 1. The number of anilines is 5. The number of para-hydroxylation sites is 1. The number of nitrogens with zero attached hydrogens (tertiary/aromatic N) is 7. The smallest absolute Gasteiger partial charge is 0.417 e. The second-order valence-corrected chi connectivity index (χ2v) is 15.8. The summed E-state index contributed by atoms with van der Waals surface area (Å²) in [4.78, 5) is 62.4. The molecule has 8 rings (SSSR count). The molecule has 61 heavy (non-hydrogen) atoms. The van der Waals surface area contributed by atoms with E-state index < -0.39 is 29.9 Å². The zero-order valence-electron chi connectivity index (χ0n) is 33.0. The van der Waals surface area contributed by atoms with Crippen LogP contribution in [0, 0.1) is 5.41 Å². The van der Waals surface area contributed by atoms with E-state index in [-0.39, 0.29) is 57.7 Å². The third kappa shape index (κ3) is 7.88. The molecular weight excluding hydrogens is 823 g/mol. The zero-order valence-corrected chi connectivity index (χ0v) is 33.8.